The number of nitrogens with zero attached hydrogens (tertiary/aromatic N) is 2. The number of amides is 1. The van der Waals surface area contributed by atoms with Crippen LogP contribution in [0.3, 0.4) is 0 Å². The number of aromatic nitrogens is 1. The van der Waals surface area contributed by atoms with Gasteiger partial charge in [-0.05, 0) is 42.5 Å². The van der Waals surface area contributed by atoms with E-state index in [1.165, 1.54) is 7.11 Å². The molecule has 0 radical (unpaired) electrons. The molecule has 0 bridgehead atoms. The van der Waals surface area contributed by atoms with E-state index < -0.39 is 5.60 Å². The average Bonchev–Trinajstić information content (AvgIpc) is 3.34. The molecule has 0 N–H and O–H groups in total. The molecule has 1 fully saturated rings. The summed E-state index contributed by atoms with van der Waals surface area (Å²) < 4.78 is 19.4. The maximum absolute atomic E-state index is 13.2. The van der Waals surface area contributed by atoms with Gasteiger partial charge in [-0.15, -0.1) is 0 Å². The van der Waals surface area contributed by atoms with Gasteiger partial charge in [0.2, 0.25) is 0 Å². The lowest BCUT2D eigenvalue weighted by Crippen LogP contribution is -2.50. The molecule has 0 unspecified atom stereocenters. The van der Waals surface area contributed by atoms with Crippen molar-refractivity contribution in [3.63, 3.8) is 0 Å². The number of carbonyl (C=O) groups excluding carboxylic acids is 2. The van der Waals surface area contributed by atoms with Gasteiger partial charge < -0.3 is 23.7 Å². The van der Waals surface area contributed by atoms with Crippen molar-refractivity contribution in [2.24, 2.45) is 0 Å². The molecule has 2 aliphatic heterocycles. The molecule has 164 valence electrons. The van der Waals surface area contributed by atoms with Gasteiger partial charge in [0, 0.05) is 37.7 Å². The van der Waals surface area contributed by atoms with E-state index in [2.05, 4.69) is 22.9 Å². The lowest BCUT2D eigenvalue weighted by molar-refractivity contribution is -0.109. The number of aldehydes is 1. The zero-order valence-corrected chi connectivity index (χ0v) is 17.8. The average molecular weight is 432 g/mol. The topological polar surface area (TPSA) is 70.0 Å². The minimum absolute atomic E-state index is 0.0633. The number of carbonyl (C=O) groups is 2. The molecule has 0 atom stereocenters. The largest absolute Gasteiger partial charge is 0.493 e. The predicted molar refractivity (Wildman–Crippen MR) is 118 cm³/mol. The number of piperidine rings is 1. The molecular weight excluding hydrogens is 408 g/mol. The number of ether oxygens (including phenoxy) is 3. The number of benzene rings is 2. The Morgan fingerprint density at radius 3 is 2.69 bits per heavy atom. The van der Waals surface area contributed by atoms with E-state index in [9.17, 15) is 9.59 Å². The Hall–Kier alpha value is -3.74. The van der Waals surface area contributed by atoms with Gasteiger partial charge in [0.25, 0.3) is 5.91 Å². The summed E-state index contributed by atoms with van der Waals surface area (Å²) in [6.45, 7) is 1.10. The van der Waals surface area contributed by atoms with Crippen molar-refractivity contribution in [1.29, 1.82) is 0 Å². The van der Waals surface area contributed by atoms with Gasteiger partial charge in [0.05, 0.1) is 18.5 Å². The highest BCUT2D eigenvalue weighted by molar-refractivity contribution is 5.95. The van der Waals surface area contributed by atoms with E-state index in [1.807, 2.05) is 29.2 Å². The summed E-state index contributed by atoms with van der Waals surface area (Å²) in [5.74, 6) is 1.67. The van der Waals surface area contributed by atoms with E-state index >= 15 is 0 Å². The molecule has 7 nitrogen and oxygen atoms in total. The lowest BCUT2D eigenvalue weighted by atomic mass is 9.86. The van der Waals surface area contributed by atoms with Crippen LogP contribution in [-0.2, 0) is 10.4 Å². The molecule has 2 aromatic carbocycles. The molecule has 1 saturated heterocycles. The number of rotatable bonds is 5. The molecule has 3 aromatic rings. The van der Waals surface area contributed by atoms with Crippen LogP contribution in [-0.4, -0.2) is 48.5 Å². The summed E-state index contributed by atoms with van der Waals surface area (Å²) in [6, 6.07) is 17.2. The monoisotopic (exact) mass is 432 g/mol. The summed E-state index contributed by atoms with van der Waals surface area (Å²) >= 11 is 0. The minimum atomic E-state index is -0.446. The molecule has 32 heavy (non-hydrogen) atoms. The summed E-state index contributed by atoms with van der Waals surface area (Å²) in [6.07, 6.45) is 4.14. The SMILES string of the molecule is COc1cc(C(=O)N2CCC3(CC2)Oc2ccccc2-n2cccc23)ccc1OCC=O. The number of hydrogen-bond donors (Lipinski definition) is 0. The molecule has 1 spiro atoms. The molecule has 1 amide bonds. The fourth-order valence-electron chi connectivity index (χ4n) is 4.62. The van der Waals surface area contributed by atoms with Gasteiger partial charge in [-0.2, -0.15) is 0 Å². The first kappa shape index (κ1) is 20.2. The summed E-state index contributed by atoms with van der Waals surface area (Å²) in [4.78, 5) is 25.6. The minimum Gasteiger partial charge on any atom is -0.493 e. The highest BCUT2D eigenvalue weighted by Gasteiger charge is 2.44. The molecule has 2 aliphatic rings. The van der Waals surface area contributed by atoms with Gasteiger partial charge in [-0.25, -0.2) is 0 Å². The van der Waals surface area contributed by atoms with E-state index in [0.717, 1.165) is 17.1 Å². The Kier molecular flexibility index (Phi) is 5.09. The van der Waals surface area contributed by atoms with Crippen molar-refractivity contribution in [3.8, 4) is 22.9 Å². The van der Waals surface area contributed by atoms with E-state index in [4.69, 9.17) is 14.2 Å². The third-order valence-electron chi connectivity index (χ3n) is 6.22. The first-order valence-electron chi connectivity index (χ1n) is 10.7. The summed E-state index contributed by atoms with van der Waals surface area (Å²) in [5.41, 5.74) is 2.25. The number of methoxy groups -OCH3 is 1. The summed E-state index contributed by atoms with van der Waals surface area (Å²) in [7, 11) is 1.51. The number of hydrogen-bond acceptors (Lipinski definition) is 5. The Labute approximate surface area is 186 Å². The maximum atomic E-state index is 13.2. The molecule has 7 heteroatoms. The predicted octanol–water partition coefficient (Wildman–Crippen LogP) is 3.59. The lowest BCUT2D eigenvalue weighted by Gasteiger charge is -2.45. The van der Waals surface area contributed by atoms with Crippen molar-refractivity contribution < 1.29 is 23.8 Å². The van der Waals surface area contributed by atoms with Crippen LogP contribution in [0.25, 0.3) is 5.69 Å². The molecule has 5 rings (SSSR count). The highest BCUT2D eigenvalue weighted by Crippen LogP contribution is 2.45. The number of fused-ring (bicyclic) bond motifs is 4. The van der Waals surface area contributed by atoms with Crippen molar-refractivity contribution in [1.82, 2.24) is 9.47 Å². The van der Waals surface area contributed by atoms with Crippen LogP contribution in [0.1, 0.15) is 28.9 Å². The van der Waals surface area contributed by atoms with Crippen LogP contribution >= 0.6 is 0 Å². The Bertz CT molecular complexity index is 1160. The second-order valence-corrected chi connectivity index (χ2v) is 7.96. The van der Waals surface area contributed by atoms with Crippen LogP contribution in [0.5, 0.6) is 17.2 Å². The number of para-hydroxylation sites is 2. The summed E-state index contributed by atoms with van der Waals surface area (Å²) in [5, 5.41) is 0. The van der Waals surface area contributed by atoms with Crippen molar-refractivity contribution in [3.05, 3.63) is 72.1 Å². The Morgan fingerprint density at radius 1 is 1.09 bits per heavy atom. The zero-order chi connectivity index (χ0) is 22.1. The van der Waals surface area contributed by atoms with E-state index in [1.54, 1.807) is 18.2 Å². The second-order valence-electron chi connectivity index (χ2n) is 7.96. The van der Waals surface area contributed by atoms with Gasteiger partial charge in [0.1, 0.15) is 12.4 Å². The van der Waals surface area contributed by atoms with Gasteiger partial charge >= 0.3 is 0 Å². The van der Waals surface area contributed by atoms with Crippen molar-refractivity contribution in [2.45, 2.75) is 18.4 Å². The van der Waals surface area contributed by atoms with Crippen LogP contribution < -0.4 is 14.2 Å². The smallest absolute Gasteiger partial charge is 0.253 e. The van der Waals surface area contributed by atoms with Crippen molar-refractivity contribution >= 4 is 12.2 Å². The fraction of sp³-hybridized carbons (Fsp3) is 0.280. The third-order valence-corrected chi connectivity index (χ3v) is 6.22. The normalized spacial score (nSPS) is 16.0. The first-order valence-corrected chi connectivity index (χ1v) is 10.7. The molecule has 1 aromatic heterocycles. The molecule has 3 heterocycles. The van der Waals surface area contributed by atoms with Gasteiger partial charge in [0.15, 0.2) is 23.4 Å². The third kappa shape index (κ3) is 3.30. The fourth-order valence-corrected chi connectivity index (χ4v) is 4.62. The Morgan fingerprint density at radius 2 is 1.91 bits per heavy atom. The zero-order valence-electron chi connectivity index (χ0n) is 17.8. The maximum Gasteiger partial charge on any atom is 0.253 e. The first-order chi connectivity index (χ1) is 15.6. The van der Waals surface area contributed by atoms with Crippen LogP contribution in [0.15, 0.2) is 60.8 Å². The van der Waals surface area contributed by atoms with Gasteiger partial charge in [-0.3, -0.25) is 9.59 Å². The Balaban J connectivity index is 1.34. The highest BCUT2D eigenvalue weighted by atomic mass is 16.5. The van der Waals surface area contributed by atoms with Crippen LogP contribution in [0.4, 0.5) is 0 Å². The molecule has 0 saturated carbocycles. The molecule has 0 aliphatic carbocycles. The van der Waals surface area contributed by atoms with Crippen LogP contribution in [0, 0.1) is 0 Å². The standard InChI is InChI=1S/C25H24N2O5/c1-30-22-17-18(8-9-21(22)31-16-15-28)24(29)26-13-10-25(11-14-26)23-7-4-12-27(23)19-5-2-3-6-20(19)32-25/h2-9,12,15,17H,10-11,13-14,16H2,1H3. The second kappa shape index (κ2) is 8.07. The molecular formula is C25H24N2O5. The van der Waals surface area contributed by atoms with E-state index in [-0.39, 0.29) is 12.5 Å². The van der Waals surface area contributed by atoms with Gasteiger partial charge in [-0.1, -0.05) is 12.1 Å². The van der Waals surface area contributed by atoms with Crippen molar-refractivity contribution in [2.75, 3.05) is 26.8 Å². The van der Waals surface area contributed by atoms with Crippen LogP contribution in [0.2, 0.25) is 0 Å². The quantitative estimate of drug-likeness (QED) is 0.577. The number of likely N-dealkylation sites (tertiary alicyclic amines) is 1. The van der Waals surface area contributed by atoms with E-state index in [0.29, 0.717) is 49.3 Å².